The van der Waals surface area contributed by atoms with E-state index in [2.05, 4.69) is 16.8 Å². The minimum Gasteiger partial charge on any atom is -0.493 e. The maximum Gasteiger partial charge on any atom is 0.251 e. The van der Waals surface area contributed by atoms with Gasteiger partial charge in [0.2, 0.25) is 0 Å². The Morgan fingerprint density at radius 3 is 2.57 bits per heavy atom. The number of nitrogens with one attached hydrogen (secondary N) is 1. The SMILES string of the molecule is C=CCc1cc(C(=O)NC(CN2CCOCC2)c2ccccc2)cc(OC)c1OC. The molecule has 6 nitrogen and oxygen atoms in total. The van der Waals surface area contributed by atoms with Crippen LogP contribution in [0.2, 0.25) is 0 Å². The molecule has 1 heterocycles. The molecule has 2 aromatic carbocycles. The van der Waals surface area contributed by atoms with E-state index in [0.29, 0.717) is 23.5 Å². The third-order valence-corrected chi connectivity index (χ3v) is 5.23. The third kappa shape index (κ3) is 5.40. The van der Waals surface area contributed by atoms with Gasteiger partial charge >= 0.3 is 0 Å². The smallest absolute Gasteiger partial charge is 0.251 e. The fourth-order valence-corrected chi connectivity index (χ4v) is 3.68. The number of nitrogens with zero attached hydrogens (tertiary/aromatic N) is 1. The van der Waals surface area contributed by atoms with Gasteiger partial charge in [-0.05, 0) is 24.1 Å². The van der Waals surface area contributed by atoms with E-state index in [1.807, 2.05) is 36.4 Å². The number of allylic oxidation sites excluding steroid dienone is 1. The summed E-state index contributed by atoms with van der Waals surface area (Å²) < 4.78 is 16.4. The van der Waals surface area contributed by atoms with Gasteiger partial charge in [0.15, 0.2) is 11.5 Å². The van der Waals surface area contributed by atoms with Gasteiger partial charge in [0.1, 0.15) is 0 Å². The van der Waals surface area contributed by atoms with Crippen LogP contribution < -0.4 is 14.8 Å². The zero-order valence-corrected chi connectivity index (χ0v) is 17.7. The summed E-state index contributed by atoms with van der Waals surface area (Å²) >= 11 is 0. The van der Waals surface area contributed by atoms with Crippen LogP contribution in [0, 0.1) is 0 Å². The summed E-state index contributed by atoms with van der Waals surface area (Å²) in [5, 5.41) is 3.21. The number of hydrogen-bond acceptors (Lipinski definition) is 5. The summed E-state index contributed by atoms with van der Waals surface area (Å²) in [6.07, 6.45) is 2.36. The lowest BCUT2D eigenvalue weighted by Gasteiger charge is -2.31. The fourth-order valence-electron chi connectivity index (χ4n) is 3.68. The van der Waals surface area contributed by atoms with Gasteiger partial charge in [0.25, 0.3) is 5.91 Å². The van der Waals surface area contributed by atoms with E-state index < -0.39 is 0 Å². The maximum absolute atomic E-state index is 13.2. The summed E-state index contributed by atoms with van der Waals surface area (Å²) in [7, 11) is 3.17. The van der Waals surface area contributed by atoms with Crippen molar-refractivity contribution in [2.24, 2.45) is 0 Å². The van der Waals surface area contributed by atoms with Gasteiger partial charge in [0, 0.05) is 30.8 Å². The largest absolute Gasteiger partial charge is 0.493 e. The maximum atomic E-state index is 13.2. The molecular weight excluding hydrogens is 380 g/mol. The number of hydrogen-bond donors (Lipinski definition) is 1. The zero-order valence-electron chi connectivity index (χ0n) is 17.7. The van der Waals surface area contributed by atoms with E-state index in [1.165, 1.54) is 0 Å². The Balaban J connectivity index is 1.85. The Kier molecular flexibility index (Phi) is 7.88. The normalized spacial score (nSPS) is 15.3. The van der Waals surface area contributed by atoms with E-state index in [-0.39, 0.29) is 11.9 Å². The second-order valence-corrected chi connectivity index (χ2v) is 7.21. The molecule has 3 rings (SSSR count). The highest BCUT2D eigenvalue weighted by Crippen LogP contribution is 2.33. The van der Waals surface area contributed by atoms with Gasteiger partial charge in [-0.25, -0.2) is 0 Å². The summed E-state index contributed by atoms with van der Waals surface area (Å²) in [6, 6.07) is 13.5. The van der Waals surface area contributed by atoms with Gasteiger partial charge in [0.05, 0.1) is 33.5 Å². The van der Waals surface area contributed by atoms with Crippen molar-refractivity contribution in [1.82, 2.24) is 10.2 Å². The molecular formula is C24H30N2O4. The molecule has 30 heavy (non-hydrogen) atoms. The zero-order chi connectivity index (χ0) is 21.3. The van der Waals surface area contributed by atoms with Crippen LogP contribution in [-0.4, -0.2) is 57.9 Å². The van der Waals surface area contributed by atoms with Crippen LogP contribution in [0.5, 0.6) is 11.5 Å². The molecule has 1 saturated heterocycles. The molecule has 1 aliphatic rings. The van der Waals surface area contributed by atoms with Crippen LogP contribution in [0.15, 0.2) is 55.1 Å². The Labute approximate surface area is 178 Å². The van der Waals surface area contributed by atoms with Crippen molar-refractivity contribution >= 4 is 5.91 Å². The highest BCUT2D eigenvalue weighted by Gasteiger charge is 2.22. The molecule has 1 atom stereocenters. The standard InChI is InChI=1S/C24H30N2O4/c1-4-8-19-15-20(16-22(28-2)23(19)29-3)24(27)25-21(18-9-6-5-7-10-18)17-26-11-13-30-14-12-26/h4-7,9-10,15-16,21H,1,8,11-14,17H2,2-3H3,(H,25,27). The molecule has 1 unspecified atom stereocenters. The van der Waals surface area contributed by atoms with Crippen molar-refractivity contribution in [3.8, 4) is 11.5 Å². The van der Waals surface area contributed by atoms with E-state index >= 15 is 0 Å². The molecule has 6 heteroatoms. The summed E-state index contributed by atoms with van der Waals surface area (Å²) in [6.45, 7) is 7.69. The first-order chi connectivity index (χ1) is 14.7. The molecule has 0 bridgehead atoms. The summed E-state index contributed by atoms with van der Waals surface area (Å²) in [4.78, 5) is 15.5. The number of morpholine rings is 1. The van der Waals surface area contributed by atoms with E-state index in [1.54, 1.807) is 26.4 Å². The van der Waals surface area contributed by atoms with Gasteiger partial charge in [-0.3, -0.25) is 9.69 Å². The van der Waals surface area contributed by atoms with Crippen LogP contribution in [0.25, 0.3) is 0 Å². The fraction of sp³-hybridized carbons (Fsp3) is 0.375. The third-order valence-electron chi connectivity index (χ3n) is 5.23. The van der Waals surface area contributed by atoms with Crippen LogP contribution in [0.4, 0.5) is 0 Å². The molecule has 1 amide bonds. The molecule has 0 saturated carbocycles. The minimum absolute atomic E-state index is 0.132. The molecule has 0 spiro atoms. The van der Waals surface area contributed by atoms with Crippen LogP contribution in [-0.2, 0) is 11.2 Å². The van der Waals surface area contributed by atoms with Gasteiger partial charge < -0.3 is 19.5 Å². The highest BCUT2D eigenvalue weighted by molar-refractivity contribution is 5.95. The number of methoxy groups -OCH3 is 2. The van der Waals surface area contributed by atoms with Crippen LogP contribution in [0.1, 0.15) is 27.5 Å². The predicted molar refractivity (Wildman–Crippen MR) is 117 cm³/mol. The van der Waals surface area contributed by atoms with E-state index in [9.17, 15) is 4.79 Å². The monoisotopic (exact) mass is 410 g/mol. The minimum atomic E-state index is -0.150. The Morgan fingerprint density at radius 1 is 1.20 bits per heavy atom. The summed E-state index contributed by atoms with van der Waals surface area (Å²) in [5.41, 5.74) is 2.47. The van der Waals surface area contributed by atoms with Gasteiger partial charge in [-0.2, -0.15) is 0 Å². The first-order valence-electron chi connectivity index (χ1n) is 10.2. The quantitative estimate of drug-likeness (QED) is 0.643. The molecule has 1 N–H and O–H groups in total. The average Bonchev–Trinajstić information content (AvgIpc) is 2.79. The molecule has 1 aliphatic heterocycles. The van der Waals surface area contributed by atoms with Gasteiger partial charge in [-0.15, -0.1) is 6.58 Å². The van der Waals surface area contributed by atoms with Crippen molar-refractivity contribution in [1.29, 1.82) is 0 Å². The lowest BCUT2D eigenvalue weighted by molar-refractivity contribution is 0.0332. The predicted octanol–water partition coefficient (Wildman–Crippen LogP) is 3.24. The second kappa shape index (κ2) is 10.8. The Hall–Kier alpha value is -2.83. The van der Waals surface area contributed by atoms with Gasteiger partial charge in [-0.1, -0.05) is 36.4 Å². The lowest BCUT2D eigenvalue weighted by Crippen LogP contribution is -2.43. The molecule has 1 fully saturated rings. The van der Waals surface area contributed by atoms with Crippen LogP contribution in [0.3, 0.4) is 0 Å². The van der Waals surface area contributed by atoms with E-state index in [4.69, 9.17) is 14.2 Å². The molecule has 0 aliphatic carbocycles. The van der Waals surface area contributed by atoms with Crippen molar-refractivity contribution in [2.45, 2.75) is 12.5 Å². The number of carbonyl (C=O) groups excluding carboxylic acids is 1. The average molecular weight is 411 g/mol. The second-order valence-electron chi connectivity index (χ2n) is 7.21. The lowest BCUT2D eigenvalue weighted by atomic mass is 10.0. The van der Waals surface area contributed by atoms with Crippen LogP contribution >= 0.6 is 0 Å². The topological polar surface area (TPSA) is 60.0 Å². The number of carbonyl (C=O) groups is 1. The highest BCUT2D eigenvalue weighted by atomic mass is 16.5. The first kappa shape index (κ1) is 21.9. The van der Waals surface area contributed by atoms with Crippen molar-refractivity contribution < 1.29 is 19.0 Å². The summed E-state index contributed by atoms with van der Waals surface area (Å²) in [5.74, 6) is 1.01. The number of rotatable bonds is 9. The Bertz CT molecular complexity index is 848. The number of ether oxygens (including phenoxy) is 3. The Morgan fingerprint density at radius 2 is 1.93 bits per heavy atom. The first-order valence-corrected chi connectivity index (χ1v) is 10.2. The van der Waals surface area contributed by atoms with E-state index in [0.717, 1.165) is 44.0 Å². The molecule has 160 valence electrons. The van der Waals surface area contributed by atoms with Crippen molar-refractivity contribution in [3.05, 3.63) is 71.8 Å². The molecule has 2 aromatic rings. The molecule has 0 radical (unpaired) electrons. The van der Waals surface area contributed by atoms with Crippen molar-refractivity contribution in [2.75, 3.05) is 47.1 Å². The van der Waals surface area contributed by atoms with Crippen molar-refractivity contribution in [3.63, 3.8) is 0 Å². The molecule has 0 aromatic heterocycles. The number of benzene rings is 2. The number of amides is 1.